The molecule has 2 fully saturated rings. The van der Waals surface area contributed by atoms with Crippen LogP contribution in [0.4, 0.5) is 5.00 Å². The van der Waals surface area contributed by atoms with Gasteiger partial charge in [-0.3, -0.25) is 4.79 Å². The van der Waals surface area contributed by atoms with Crippen LogP contribution in [0.3, 0.4) is 0 Å². The van der Waals surface area contributed by atoms with Crippen LogP contribution in [-0.4, -0.2) is 23.5 Å². The SMILES string of the molecule is Cc1ncc(NC(=O)c2cc(C3CC3NCC3CC3)c(C)s2)s1. The van der Waals surface area contributed by atoms with Crippen molar-refractivity contribution in [3.05, 3.63) is 32.6 Å². The topological polar surface area (TPSA) is 54.0 Å². The largest absolute Gasteiger partial charge is 0.313 e. The Labute approximate surface area is 144 Å². The summed E-state index contributed by atoms with van der Waals surface area (Å²) in [5.74, 6) is 1.50. The van der Waals surface area contributed by atoms with E-state index in [1.165, 1.54) is 47.6 Å². The molecule has 2 aliphatic rings. The van der Waals surface area contributed by atoms with Crippen LogP contribution >= 0.6 is 22.7 Å². The van der Waals surface area contributed by atoms with Gasteiger partial charge in [0.25, 0.3) is 5.91 Å². The molecule has 2 N–H and O–H groups in total. The number of aromatic nitrogens is 1. The van der Waals surface area contributed by atoms with Gasteiger partial charge in [-0.25, -0.2) is 4.98 Å². The lowest BCUT2D eigenvalue weighted by Crippen LogP contribution is -2.20. The van der Waals surface area contributed by atoms with Gasteiger partial charge in [-0.05, 0) is 57.2 Å². The molecule has 2 aliphatic carbocycles. The van der Waals surface area contributed by atoms with Crippen LogP contribution in [0, 0.1) is 19.8 Å². The smallest absolute Gasteiger partial charge is 0.266 e. The Morgan fingerprint density at radius 2 is 2.17 bits per heavy atom. The molecule has 0 radical (unpaired) electrons. The Bertz CT molecular complexity index is 732. The summed E-state index contributed by atoms with van der Waals surface area (Å²) in [4.78, 5) is 18.6. The van der Waals surface area contributed by atoms with Crippen molar-refractivity contribution in [2.24, 2.45) is 5.92 Å². The number of thiazole rings is 1. The van der Waals surface area contributed by atoms with Crippen molar-refractivity contribution >= 4 is 33.6 Å². The highest BCUT2D eigenvalue weighted by atomic mass is 32.1. The van der Waals surface area contributed by atoms with Crippen LogP contribution in [0.15, 0.2) is 12.3 Å². The molecule has 0 aromatic carbocycles. The molecule has 0 aliphatic heterocycles. The summed E-state index contributed by atoms with van der Waals surface area (Å²) >= 11 is 3.11. The molecule has 0 spiro atoms. The van der Waals surface area contributed by atoms with Gasteiger partial charge in [0.15, 0.2) is 0 Å². The van der Waals surface area contributed by atoms with E-state index >= 15 is 0 Å². The van der Waals surface area contributed by atoms with Crippen LogP contribution < -0.4 is 10.6 Å². The first-order valence-corrected chi connectivity index (χ1v) is 9.81. The highest BCUT2D eigenvalue weighted by Crippen LogP contribution is 2.45. The summed E-state index contributed by atoms with van der Waals surface area (Å²) in [6, 6.07) is 2.70. The summed E-state index contributed by atoms with van der Waals surface area (Å²) in [6.07, 6.45) is 5.71. The number of amides is 1. The fourth-order valence-electron chi connectivity index (χ4n) is 2.97. The average molecular weight is 348 g/mol. The van der Waals surface area contributed by atoms with E-state index in [9.17, 15) is 4.79 Å². The highest BCUT2D eigenvalue weighted by Gasteiger charge is 2.40. The molecule has 2 saturated carbocycles. The second-order valence-electron chi connectivity index (χ2n) is 6.62. The lowest BCUT2D eigenvalue weighted by atomic mass is 10.1. The van der Waals surface area contributed by atoms with Crippen molar-refractivity contribution in [1.82, 2.24) is 10.3 Å². The first-order chi connectivity index (χ1) is 11.1. The fourth-order valence-corrected chi connectivity index (χ4v) is 4.63. The summed E-state index contributed by atoms with van der Waals surface area (Å²) in [6.45, 7) is 5.24. The van der Waals surface area contributed by atoms with Gasteiger partial charge in [0.05, 0.1) is 16.1 Å². The summed E-state index contributed by atoms with van der Waals surface area (Å²) < 4.78 is 0. The van der Waals surface area contributed by atoms with Gasteiger partial charge in [-0.1, -0.05) is 0 Å². The van der Waals surface area contributed by atoms with Gasteiger partial charge in [0, 0.05) is 16.8 Å². The Hall–Kier alpha value is -1.24. The second kappa shape index (κ2) is 6.00. The lowest BCUT2D eigenvalue weighted by Gasteiger charge is -2.02. The third-order valence-corrected chi connectivity index (χ3v) is 6.49. The molecule has 2 atom stereocenters. The molecule has 4 nitrogen and oxygen atoms in total. The molecule has 2 heterocycles. The predicted octanol–water partition coefficient (Wildman–Crippen LogP) is 3.93. The minimum Gasteiger partial charge on any atom is -0.313 e. The Balaban J connectivity index is 1.39. The maximum Gasteiger partial charge on any atom is 0.266 e. The number of nitrogens with one attached hydrogen (secondary N) is 2. The maximum atomic E-state index is 12.4. The monoisotopic (exact) mass is 347 g/mol. The van der Waals surface area contributed by atoms with E-state index in [0.29, 0.717) is 12.0 Å². The molecule has 2 aromatic rings. The van der Waals surface area contributed by atoms with Crippen molar-refractivity contribution in [2.45, 2.75) is 45.1 Å². The summed E-state index contributed by atoms with van der Waals surface area (Å²) in [7, 11) is 0. The normalized spacial score (nSPS) is 23.0. The molecule has 23 heavy (non-hydrogen) atoms. The molecule has 122 valence electrons. The molecule has 0 saturated heterocycles. The zero-order chi connectivity index (χ0) is 16.0. The van der Waals surface area contributed by atoms with Gasteiger partial charge in [-0.15, -0.1) is 22.7 Å². The molecular formula is C17H21N3OS2. The van der Waals surface area contributed by atoms with Crippen LogP contribution in [0.25, 0.3) is 0 Å². The van der Waals surface area contributed by atoms with Gasteiger partial charge in [0.2, 0.25) is 0 Å². The number of hydrogen-bond acceptors (Lipinski definition) is 5. The second-order valence-corrected chi connectivity index (χ2v) is 9.11. The van der Waals surface area contributed by atoms with Gasteiger partial charge >= 0.3 is 0 Å². The summed E-state index contributed by atoms with van der Waals surface area (Å²) in [5, 5.41) is 8.40. The van der Waals surface area contributed by atoms with Crippen molar-refractivity contribution in [1.29, 1.82) is 0 Å². The van der Waals surface area contributed by atoms with Gasteiger partial charge in [-0.2, -0.15) is 0 Å². The number of aryl methyl sites for hydroxylation is 2. The van der Waals surface area contributed by atoms with E-state index in [2.05, 4.69) is 28.6 Å². The van der Waals surface area contributed by atoms with Crippen LogP contribution in [0.1, 0.15) is 50.3 Å². The third kappa shape index (κ3) is 3.49. The van der Waals surface area contributed by atoms with Crippen molar-refractivity contribution in [3.8, 4) is 0 Å². The molecule has 2 unspecified atom stereocenters. The minimum absolute atomic E-state index is 0.0175. The van der Waals surface area contributed by atoms with E-state index in [4.69, 9.17) is 0 Å². The zero-order valence-corrected chi connectivity index (χ0v) is 15.0. The van der Waals surface area contributed by atoms with E-state index < -0.39 is 0 Å². The van der Waals surface area contributed by atoms with Gasteiger partial charge < -0.3 is 10.6 Å². The Morgan fingerprint density at radius 3 is 2.87 bits per heavy atom. The molecule has 2 aromatic heterocycles. The fraction of sp³-hybridized carbons (Fsp3) is 0.529. The average Bonchev–Trinajstić information content (AvgIpc) is 3.41. The van der Waals surface area contributed by atoms with Gasteiger partial charge in [0.1, 0.15) is 5.00 Å². The van der Waals surface area contributed by atoms with Crippen LogP contribution in [-0.2, 0) is 0 Å². The molecular weight excluding hydrogens is 326 g/mol. The third-order valence-electron chi connectivity index (χ3n) is 4.59. The number of carbonyl (C=O) groups is 1. The van der Waals surface area contributed by atoms with E-state index in [0.717, 1.165) is 20.8 Å². The number of carbonyl (C=O) groups excluding carboxylic acids is 1. The van der Waals surface area contributed by atoms with Crippen molar-refractivity contribution < 1.29 is 4.79 Å². The number of thiophene rings is 1. The minimum atomic E-state index is -0.0175. The maximum absolute atomic E-state index is 12.4. The van der Waals surface area contributed by atoms with E-state index in [1.807, 2.05) is 6.92 Å². The Kier molecular flexibility index (Phi) is 3.99. The number of rotatable bonds is 6. The number of anilines is 1. The van der Waals surface area contributed by atoms with Crippen molar-refractivity contribution in [3.63, 3.8) is 0 Å². The van der Waals surface area contributed by atoms with Crippen LogP contribution in [0.5, 0.6) is 0 Å². The Morgan fingerprint density at radius 1 is 1.35 bits per heavy atom. The number of nitrogens with zero attached hydrogens (tertiary/aromatic N) is 1. The van der Waals surface area contributed by atoms with E-state index in [-0.39, 0.29) is 5.91 Å². The first-order valence-electron chi connectivity index (χ1n) is 8.17. The molecule has 0 bridgehead atoms. The lowest BCUT2D eigenvalue weighted by molar-refractivity contribution is 0.103. The standard InChI is InChI=1S/C17H21N3OS2/c1-9-12(13-5-14(13)19-7-11-3-4-11)6-15(22-9)17(21)20-16-8-18-10(2)23-16/h6,8,11,13-14,19H,3-5,7H2,1-2H3,(H,20,21). The molecule has 1 amide bonds. The first kappa shape index (κ1) is 15.3. The number of hydrogen-bond donors (Lipinski definition) is 2. The van der Waals surface area contributed by atoms with Crippen LogP contribution in [0.2, 0.25) is 0 Å². The quantitative estimate of drug-likeness (QED) is 0.832. The highest BCUT2D eigenvalue weighted by molar-refractivity contribution is 7.16. The molecule has 4 rings (SSSR count). The summed E-state index contributed by atoms with van der Waals surface area (Å²) in [5.41, 5.74) is 1.36. The predicted molar refractivity (Wildman–Crippen MR) is 95.7 cm³/mol. The van der Waals surface area contributed by atoms with E-state index in [1.54, 1.807) is 17.5 Å². The zero-order valence-electron chi connectivity index (χ0n) is 13.4. The van der Waals surface area contributed by atoms with Crippen molar-refractivity contribution in [2.75, 3.05) is 11.9 Å². The molecule has 6 heteroatoms.